The quantitative estimate of drug-likeness (QED) is 0.165. The summed E-state index contributed by atoms with van der Waals surface area (Å²) < 4.78 is 7.40. The molecule has 0 bridgehead atoms. The third kappa shape index (κ3) is 6.95. The Morgan fingerprint density at radius 2 is 0.800 bits per heavy atom. The van der Waals surface area contributed by atoms with Gasteiger partial charge < -0.3 is 9.64 Å². The zero-order chi connectivity index (χ0) is 46.5. The number of anilines is 3. The van der Waals surface area contributed by atoms with Crippen molar-refractivity contribution in [3.8, 4) is 72.5 Å². The molecule has 0 fully saturated rings. The number of hydrogen-bond donors (Lipinski definition) is 0. The van der Waals surface area contributed by atoms with Gasteiger partial charge in [0.2, 0.25) is 0 Å². The van der Waals surface area contributed by atoms with E-state index >= 15 is 0 Å². The second-order valence-electron chi connectivity index (χ2n) is 18.3. The van der Waals surface area contributed by atoms with E-state index < -0.39 is 0 Å². The van der Waals surface area contributed by atoms with Gasteiger partial charge in [0.15, 0.2) is 0 Å². The van der Waals surface area contributed by atoms with Gasteiger partial charge >= 0.3 is 0 Å². The molecule has 0 aromatic heterocycles. The molecule has 1 aliphatic heterocycles. The lowest BCUT2D eigenvalue weighted by Gasteiger charge is -2.30. The van der Waals surface area contributed by atoms with E-state index in [0.717, 1.165) is 66.8 Å². The fraction of sp³-hybridized carbons (Fsp3) is 0.0294. The second kappa shape index (κ2) is 17.3. The molecule has 2 heteroatoms. The summed E-state index contributed by atoms with van der Waals surface area (Å²) in [6, 6.07) is 95.1. The molecule has 0 aliphatic carbocycles. The Morgan fingerprint density at radius 1 is 0.300 bits per heavy atom. The van der Waals surface area contributed by atoms with Gasteiger partial charge in [0.05, 0.1) is 11.4 Å². The topological polar surface area (TPSA) is 12.5 Å². The van der Waals surface area contributed by atoms with Gasteiger partial charge in [0.1, 0.15) is 11.9 Å². The van der Waals surface area contributed by atoms with Gasteiger partial charge in [-0.05, 0) is 114 Å². The first-order valence-corrected chi connectivity index (χ1v) is 24.2. The van der Waals surface area contributed by atoms with Crippen LogP contribution in [0.15, 0.2) is 261 Å². The number of fused-ring (bicyclic) bond motifs is 12. The Balaban J connectivity index is 1.08. The summed E-state index contributed by atoms with van der Waals surface area (Å²) in [5.41, 5.74) is 18.4. The van der Waals surface area contributed by atoms with E-state index in [-0.39, 0.29) is 6.10 Å². The van der Waals surface area contributed by atoms with Crippen LogP contribution in [0.1, 0.15) is 18.6 Å². The summed E-state index contributed by atoms with van der Waals surface area (Å²) >= 11 is 0. The van der Waals surface area contributed by atoms with E-state index in [1.54, 1.807) is 0 Å². The first kappa shape index (κ1) is 41.2. The van der Waals surface area contributed by atoms with Crippen molar-refractivity contribution in [1.29, 1.82) is 0 Å². The summed E-state index contributed by atoms with van der Waals surface area (Å²) in [4.78, 5) is 2.45. The number of rotatable bonds is 6. The standard InChI is InChI=1S/C68H47NO/c1-45-66-53-26-10-8-23-49(53)39-43-62(66)57-28-12-13-29-59(57)67-60(33-17-34-61(67)63-44-40-50-24-9-11-27-54(50)68(63)70-45)56-30-16-32-58-55(56)31-18-36-65(58)69(51-41-37-47(38-42-51)46-19-4-2-5-20-46)64-35-15-14-25-52(64)48-21-6-3-7-22-48/h2-45H,1H3/t45-/m1/s1. The molecule has 12 aromatic rings. The molecule has 0 saturated carbocycles. The maximum absolute atomic E-state index is 7.40. The lowest BCUT2D eigenvalue weighted by Crippen LogP contribution is -2.12. The molecular formula is C68H47NO. The average Bonchev–Trinajstić information content (AvgIpc) is 3.43. The van der Waals surface area contributed by atoms with Crippen LogP contribution in [0, 0.1) is 0 Å². The lowest BCUT2D eigenvalue weighted by atomic mass is 9.81. The van der Waals surface area contributed by atoms with E-state index in [1.807, 2.05) is 0 Å². The van der Waals surface area contributed by atoms with Crippen LogP contribution >= 0.6 is 0 Å². The van der Waals surface area contributed by atoms with Crippen LogP contribution in [0.5, 0.6) is 5.75 Å². The number of hydrogen-bond acceptors (Lipinski definition) is 2. The third-order valence-corrected chi connectivity index (χ3v) is 14.3. The smallest absolute Gasteiger partial charge is 0.135 e. The fourth-order valence-electron chi connectivity index (χ4n) is 11.1. The summed E-state index contributed by atoms with van der Waals surface area (Å²) in [7, 11) is 0. The van der Waals surface area contributed by atoms with Crippen molar-refractivity contribution >= 4 is 49.4 Å². The van der Waals surface area contributed by atoms with Crippen molar-refractivity contribution in [2.24, 2.45) is 0 Å². The number of nitrogens with zero attached hydrogens (tertiary/aromatic N) is 1. The molecule has 330 valence electrons. The van der Waals surface area contributed by atoms with Crippen molar-refractivity contribution in [1.82, 2.24) is 0 Å². The average molecular weight is 894 g/mol. The van der Waals surface area contributed by atoms with Crippen molar-refractivity contribution < 1.29 is 4.74 Å². The van der Waals surface area contributed by atoms with Gasteiger partial charge in [-0.3, -0.25) is 0 Å². The Bertz CT molecular complexity index is 3930. The fourth-order valence-corrected chi connectivity index (χ4v) is 11.1. The highest BCUT2D eigenvalue weighted by Gasteiger charge is 2.28. The van der Waals surface area contributed by atoms with Gasteiger partial charge in [0, 0.05) is 33.2 Å². The van der Waals surface area contributed by atoms with Crippen molar-refractivity contribution in [2.75, 3.05) is 4.90 Å². The van der Waals surface area contributed by atoms with Crippen molar-refractivity contribution in [2.45, 2.75) is 13.0 Å². The van der Waals surface area contributed by atoms with Gasteiger partial charge in [0.25, 0.3) is 0 Å². The maximum atomic E-state index is 7.40. The van der Waals surface area contributed by atoms with Gasteiger partial charge in [-0.1, -0.05) is 231 Å². The minimum atomic E-state index is -0.246. The van der Waals surface area contributed by atoms with Gasteiger partial charge in [-0.25, -0.2) is 0 Å². The Morgan fingerprint density at radius 3 is 1.57 bits per heavy atom. The summed E-state index contributed by atoms with van der Waals surface area (Å²) in [6.07, 6.45) is -0.246. The SMILES string of the molecule is C[C@H]1Oc2c(ccc3ccccc23)-c2cccc(-c3cccc4c(N(c5ccc(-c6ccccc6)cc5)c5ccccc5-c5ccccc5)cccc34)c2-c2ccccc2-c2ccc3ccccc3c21. The maximum Gasteiger partial charge on any atom is 0.135 e. The van der Waals surface area contributed by atoms with Crippen LogP contribution in [-0.4, -0.2) is 0 Å². The van der Waals surface area contributed by atoms with Gasteiger partial charge in [-0.15, -0.1) is 0 Å². The predicted molar refractivity (Wildman–Crippen MR) is 295 cm³/mol. The zero-order valence-electron chi connectivity index (χ0n) is 38.8. The van der Waals surface area contributed by atoms with E-state index in [0.29, 0.717) is 0 Å². The van der Waals surface area contributed by atoms with E-state index in [9.17, 15) is 0 Å². The normalized spacial score (nSPS) is 12.9. The highest BCUT2D eigenvalue weighted by molar-refractivity contribution is 6.12. The molecule has 13 rings (SSSR count). The molecule has 1 heterocycles. The Labute approximate surface area is 409 Å². The lowest BCUT2D eigenvalue weighted by molar-refractivity contribution is 0.233. The zero-order valence-corrected chi connectivity index (χ0v) is 38.8. The predicted octanol–water partition coefficient (Wildman–Crippen LogP) is 19.1. The van der Waals surface area contributed by atoms with Crippen LogP contribution in [0.4, 0.5) is 17.1 Å². The van der Waals surface area contributed by atoms with E-state index in [2.05, 4.69) is 273 Å². The monoisotopic (exact) mass is 893 g/mol. The van der Waals surface area contributed by atoms with Crippen molar-refractivity contribution in [3.63, 3.8) is 0 Å². The molecule has 0 saturated heterocycles. The van der Waals surface area contributed by atoms with Crippen LogP contribution in [0.3, 0.4) is 0 Å². The van der Waals surface area contributed by atoms with E-state index in [1.165, 1.54) is 60.7 Å². The molecule has 1 aliphatic rings. The summed E-state index contributed by atoms with van der Waals surface area (Å²) in [6.45, 7) is 2.21. The Kier molecular flexibility index (Phi) is 10.2. The molecular weight excluding hydrogens is 847 g/mol. The Hall–Kier alpha value is -8.98. The molecule has 1 atom stereocenters. The number of ether oxygens (including phenoxy) is 1. The van der Waals surface area contributed by atoms with Crippen LogP contribution < -0.4 is 9.64 Å². The first-order valence-electron chi connectivity index (χ1n) is 24.2. The minimum Gasteiger partial charge on any atom is -0.485 e. The van der Waals surface area contributed by atoms with Gasteiger partial charge in [-0.2, -0.15) is 0 Å². The third-order valence-electron chi connectivity index (χ3n) is 14.3. The molecule has 12 aromatic carbocycles. The minimum absolute atomic E-state index is 0.246. The van der Waals surface area contributed by atoms with Crippen molar-refractivity contribution in [3.05, 3.63) is 266 Å². The number of para-hydroxylation sites is 1. The summed E-state index contributed by atoms with van der Waals surface area (Å²) in [5, 5.41) is 6.97. The first-order chi connectivity index (χ1) is 34.7. The van der Waals surface area contributed by atoms with Crippen LogP contribution in [0.2, 0.25) is 0 Å². The molecule has 0 radical (unpaired) electrons. The van der Waals surface area contributed by atoms with E-state index in [4.69, 9.17) is 4.74 Å². The van der Waals surface area contributed by atoms with Crippen LogP contribution in [-0.2, 0) is 0 Å². The molecule has 2 nitrogen and oxygen atoms in total. The second-order valence-corrected chi connectivity index (χ2v) is 18.3. The summed E-state index contributed by atoms with van der Waals surface area (Å²) in [5.74, 6) is 0.897. The molecule has 0 amide bonds. The number of benzene rings is 12. The molecule has 0 spiro atoms. The molecule has 0 unspecified atom stereocenters. The highest BCUT2D eigenvalue weighted by Crippen LogP contribution is 2.53. The van der Waals surface area contributed by atoms with Crippen LogP contribution in [0.25, 0.3) is 99.1 Å². The highest BCUT2D eigenvalue weighted by atomic mass is 16.5. The molecule has 70 heavy (non-hydrogen) atoms. The molecule has 0 N–H and O–H groups in total. The largest absolute Gasteiger partial charge is 0.485 e.